The molecule has 1 aliphatic heterocycles. The third kappa shape index (κ3) is 9.48. The lowest BCUT2D eigenvalue weighted by Crippen LogP contribution is -2.33. The number of nitrogens with one attached hydrogen (secondary N) is 1. The molecule has 1 aliphatic rings. The van der Waals surface area contributed by atoms with Gasteiger partial charge in [0.1, 0.15) is 23.5 Å². The maximum absolute atomic E-state index is 13.8. The van der Waals surface area contributed by atoms with Gasteiger partial charge in [0.15, 0.2) is 10.8 Å². The summed E-state index contributed by atoms with van der Waals surface area (Å²) in [5.41, 5.74) is 5.48. The van der Waals surface area contributed by atoms with Gasteiger partial charge in [-0.25, -0.2) is 14.8 Å². The van der Waals surface area contributed by atoms with Gasteiger partial charge in [-0.1, -0.05) is 73.4 Å². The van der Waals surface area contributed by atoms with Gasteiger partial charge in [-0.05, 0) is 106 Å². The van der Waals surface area contributed by atoms with Crippen molar-refractivity contribution < 1.29 is 23.9 Å². The van der Waals surface area contributed by atoms with Crippen LogP contribution in [0.25, 0.3) is 21.3 Å². The molecule has 0 saturated carbocycles. The molecule has 53 heavy (non-hydrogen) atoms. The minimum Gasteiger partial charge on any atom is -0.493 e. The Labute approximate surface area is 315 Å². The lowest BCUT2D eigenvalue weighted by molar-refractivity contribution is -0.107. The van der Waals surface area contributed by atoms with Gasteiger partial charge < -0.3 is 19.2 Å². The number of thiazole rings is 1. The quantitative estimate of drug-likeness (QED) is 0.0644. The second-order valence-electron chi connectivity index (χ2n) is 14.5. The van der Waals surface area contributed by atoms with E-state index in [-0.39, 0.29) is 11.6 Å². The number of unbranched alkanes of at least 4 members (excludes halogenated alkanes) is 6. The predicted molar refractivity (Wildman–Crippen MR) is 212 cm³/mol. The largest absolute Gasteiger partial charge is 0.493 e. The number of ether oxygens (including phenoxy) is 2. The van der Waals surface area contributed by atoms with Crippen LogP contribution in [0.1, 0.15) is 103 Å². The fourth-order valence-corrected chi connectivity index (χ4v) is 7.55. The number of carbonyl (C=O) groups is 3. The molecule has 0 bridgehead atoms. The Balaban J connectivity index is 1.21. The summed E-state index contributed by atoms with van der Waals surface area (Å²) in [6.45, 7) is 9.29. The normalized spacial score (nSPS) is 12.7. The highest BCUT2D eigenvalue weighted by Crippen LogP contribution is 2.35. The zero-order chi connectivity index (χ0) is 37.4. The number of amides is 1. The monoisotopic (exact) mass is 732 g/mol. The summed E-state index contributed by atoms with van der Waals surface area (Å²) in [4.78, 5) is 49.6. The van der Waals surface area contributed by atoms with E-state index in [9.17, 15) is 14.4 Å². The van der Waals surface area contributed by atoms with Gasteiger partial charge in [0.05, 0.1) is 16.8 Å². The molecule has 0 radical (unpaired) electrons. The molecule has 0 atom stereocenters. The molecule has 6 rings (SSSR count). The van der Waals surface area contributed by atoms with Crippen LogP contribution in [0, 0.1) is 6.92 Å². The standard InChI is InChI=1S/C43H48N4O5S/c1-29-31(17-15-20-36(29)51-27-13-9-7-5-6-8-12-26-48)32-22-23-38(45-39(32)41(50)52-43(2,3)4)47-25-24-30-16-14-18-33(34(30)28-47)40(49)46-42-44-35-19-10-11-21-37(35)53-42/h10-11,14-23,26H,5-9,12-13,24-25,27-28H2,1-4H3,(H,44,46,49). The Morgan fingerprint density at radius 3 is 2.45 bits per heavy atom. The van der Waals surface area contributed by atoms with Crippen LogP contribution >= 0.6 is 11.3 Å². The zero-order valence-electron chi connectivity index (χ0n) is 31.1. The van der Waals surface area contributed by atoms with Crippen molar-refractivity contribution in [1.82, 2.24) is 9.97 Å². The van der Waals surface area contributed by atoms with Crippen LogP contribution in [-0.4, -0.2) is 46.9 Å². The number of pyridine rings is 1. The summed E-state index contributed by atoms with van der Waals surface area (Å²) >= 11 is 1.45. The van der Waals surface area contributed by atoms with Gasteiger partial charge in [0.25, 0.3) is 5.91 Å². The Hall–Kier alpha value is -5.09. The van der Waals surface area contributed by atoms with Crippen molar-refractivity contribution in [2.24, 2.45) is 0 Å². The summed E-state index contributed by atoms with van der Waals surface area (Å²) in [6.07, 6.45) is 8.68. The third-order valence-electron chi connectivity index (χ3n) is 9.38. The van der Waals surface area contributed by atoms with E-state index in [1.165, 1.54) is 11.3 Å². The smallest absolute Gasteiger partial charge is 0.358 e. The number of para-hydroxylation sites is 1. The van der Waals surface area contributed by atoms with E-state index in [0.29, 0.717) is 48.2 Å². The molecule has 3 heterocycles. The van der Waals surface area contributed by atoms with E-state index in [2.05, 4.69) is 21.3 Å². The Kier molecular flexibility index (Phi) is 12.2. The molecule has 10 heteroatoms. The first kappa shape index (κ1) is 37.7. The number of aldehydes is 1. The van der Waals surface area contributed by atoms with Gasteiger partial charge in [-0.3, -0.25) is 10.1 Å². The van der Waals surface area contributed by atoms with Crippen LogP contribution in [0.5, 0.6) is 5.75 Å². The van der Waals surface area contributed by atoms with Gasteiger partial charge >= 0.3 is 5.97 Å². The second kappa shape index (κ2) is 17.2. The maximum Gasteiger partial charge on any atom is 0.358 e. The molecule has 9 nitrogen and oxygen atoms in total. The molecule has 2 aromatic heterocycles. The molecule has 3 aromatic carbocycles. The van der Waals surface area contributed by atoms with Crippen molar-refractivity contribution in [3.8, 4) is 16.9 Å². The number of aromatic nitrogens is 2. The fourth-order valence-electron chi connectivity index (χ4n) is 6.69. The second-order valence-corrected chi connectivity index (χ2v) is 15.5. The van der Waals surface area contributed by atoms with Crippen molar-refractivity contribution >= 4 is 50.7 Å². The number of fused-ring (bicyclic) bond motifs is 2. The molecule has 1 N–H and O–H groups in total. The minimum absolute atomic E-state index is 0.204. The van der Waals surface area contributed by atoms with E-state index >= 15 is 0 Å². The predicted octanol–water partition coefficient (Wildman–Crippen LogP) is 9.75. The van der Waals surface area contributed by atoms with Gasteiger partial charge in [0, 0.05) is 30.6 Å². The molecule has 5 aromatic rings. The summed E-state index contributed by atoms with van der Waals surface area (Å²) < 4.78 is 13.1. The lowest BCUT2D eigenvalue weighted by Gasteiger charge is -2.31. The van der Waals surface area contributed by atoms with Crippen molar-refractivity contribution in [3.63, 3.8) is 0 Å². The van der Waals surface area contributed by atoms with Crippen LogP contribution < -0.4 is 15.0 Å². The molecular formula is C43H48N4O5S. The van der Waals surface area contributed by atoms with Crippen molar-refractivity contribution in [1.29, 1.82) is 0 Å². The van der Waals surface area contributed by atoms with Crippen molar-refractivity contribution in [2.75, 3.05) is 23.4 Å². The number of benzene rings is 3. The molecule has 0 fully saturated rings. The Bertz CT molecular complexity index is 2050. The topological polar surface area (TPSA) is 111 Å². The highest BCUT2D eigenvalue weighted by molar-refractivity contribution is 7.22. The Morgan fingerprint density at radius 1 is 0.887 bits per heavy atom. The van der Waals surface area contributed by atoms with Crippen LogP contribution in [-0.2, 0) is 22.5 Å². The Morgan fingerprint density at radius 2 is 1.66 bits per heavy atom. The van der Waals surface area contributed by atoms with Crippen molar-refractivity contribution in [2.45, 2.75) is 91.2 Å². The zero-order valence-corrected chi connectivity index (χ0v) is 31.9. The number of nitrogens with zero attached hydrogens (tertiary/aromatic N) is 3. The summed E-state index contributed by atoms with van der Waals surface area (Å²) in [5, 5.41) is 3.58. The van der Waals surface area contributed by atoms with Gasteiger partial charge in [-0.2, -0.15) is 0 Å². The number of carbonyl (C=O) groups excluding carboxylic acids is 3. The first-order valence-corrected chi connectivity index (χ1v) is 19.4. The maximum atomic E-state index is 13.8. The lowest BCUT2D eigenvalue weighted by atomic mass is 9.94. The first-order valence-electron chi connectivity index (χ1n) is 18.5. The van der Waals surface area contributed by atoms with Gasteiger partial charge in [-0.15, -0.1) is 0 Å². The number of rotatable bonds is 15. The summed E-state index contributed by atoms with van der Waals surface area (Å²) in [5.74, 6) is 0.709. The summed E-state index contributed by atoms with van der Waals surface area (Å²) in [6, 6.07) is 23.4. The van der Waals surface area contributed by atoms with Crippen LogP contribution in [0.3, 0.4) is 0 Å². The van der Waals surface area contributed by atoms with Gasteiger partial charge in [0.2, 0.25) is 0 Å². The highest BCUT2D eigenvalue weighted by Gasteiger charge is 2.28. The molecule has 276 valence electrons. The van der Waals surface area contributed by atoms with E-state index in [1.54, 1.807) is 0 Å². The number of hydrogen-bond acceptors (Lipinski definition) is 9. The van der Waals surface area contributed by atoms with E-state index < -0.39 is 11.6 Å². The van der Waals surface area contributed by atoms with Crippen LogP contribution in [0.2, 0.25) is 0 Å². The molecule has 1 amide bonds. The first-order chi connectivity index (χ1) is 25.6. The molecule has 0 unspecified atom stereocenters. The fraction of sp³-hybridized carbons (Fsp3) is 0.372. The molecule has 0 spiro atoms. The average molecular weight is 733 g/mol. The number of hydrogen-bond donors (Lipinski definition) is 1. The van der Waals surface area contributed by atoms with Crippen LogP contribution in [0.15, 0.2) is 72.8 Å². The van der Waals surface area contributed by atoms with Crippen LogP contribution in [0.4, 0.5) is 10.9 Å². The summed E-state index contributed by atoms with van der Waals surface area (Å²) in [7, 11) is 0. The van der Waals surface area contributed by atoms with E-state index in [1.807, 2.05) is 94.4 Å². The van der Waals surface area contributed by atoms with E-state index in [0.717, 1.165) is 89.5 Å². The average Bonchev–Trinajstić information content (AvgIpc) is 3.55. The van der Waals surface area contributed by atoms with Crippen molar-refractivity contribution in [3.05, 3.63) is 101 Å². The number of esters is 1. The van der Waals surface area contributed by atoms with E-state index in [4.69, 9.17) is 14.5 Å². The number of anilines is 2. The third-order valence-corrected chi connectivity index (χ3v) is 10.3. The molecule has 0 saturated heterocycles. The molecule has 0 aliphatic carbocycles. The SMILES string of the molecule is Cc1c(OCCCCCCCCC=O)cccc1-c1ccc(N2CCc3cccc(C(=O)Nc4nc5ccccc5s4)c3C2)nc1C(=O)OC(C)(C)C. The molecular weight excluding hydrogens is 685 g/mol. The minimum atomic E-state index is -0.712. The highest BCUT2D eigenvalue weighted by atomic mass is 32.1.